The van der Waals surface area contributed by atoms with E-state index in [2.05, 4.69) is 27.9 Å². The van der Waals surface area contributed by atoms with Crippen molar-refractivity contribution >= 4 is 0 Å². The summed E-state index contributed by atoms with van der Waals surface area (Å²) in [6, 6.07) is 8.65. The Labute approximate surface area is 228 Å². The molecule has 0 aliphatic carbocycles. The topological polar surface area (TPSA) is 58.9 Å². The molecule has 2 fully saturated rings. The minimum absolute atomic E-state index is 0. The first-order chi connectivity index (χ1) is 14.2. The molecule has 32 heavy (non-hydrogen) atoms. The van der Waals surface area contributed by atoms with Gasteiger partial charge in [0, 0.05) is 25.7 Å². The fraction of sp³-hybridized carbons (Fsp3) is 0.750. The molecule has 1 aromatic rings. The van der Waals surface area contributed by atoms with Gasteiger partial charge in [0.2, 0.25) is 0 Å². The highest BCUT2D eigenvalue weighted by molar-refractivity contribution is 5.31. The molecule has 2 N–H and O–H groups in total. The number of likely N-dealkylation sites (tertiary alicyclic amines) is 2. The summed E-state index contributed by atoms with van der Waals surface area (Å²) in [5, 5.41) is 20.8. The third-order valence-electron chi connectivity index (χ3n) is 7.67. The van der Waals surface area contributed by atoms with E-state index < -0.39 is 12.2 Å². The number of likely N-dealkylation sites (N-methyl/N-ethyl adjacent to an activating group) is 2. The summed E-state index contributed by atoms with van der Waals surface area (Å²) in [5.41, 5.74) is 0. The summed E-state index contributed by atoms with van der Waals surface area (Å²) in [6.07, 6.45) is 3.99. The first-order valence-corrected chi connectivity index (χ1v) is 11.6. The van der Waals surface area contributed by atoms with Crippen molar-refractivity contribution in [3.05, 3.63) is 24.3 Å². The van der Waals surface area contributed by atoms with Crippen LogP contribution in [0.3, 0.4) is 0 Å². The lowest BCUT2D eigenvalue weighted by molar-refractivity contribution is -0.922. The number of nitrogens with zero attached hydrogens (tertiary/aromatic N) is 2. The van der Waals surface area contributed by atoms with Gasteiger partial charge in [0.25, 0.3) is 0 Å². The van der Waals surface area contributed by atoms with Crippen molar-refractivity contribution < 1.29 is 76.6 Å². The fourth-order valence-corrected chi connectivity index (χ4v) is 5.19. The largest absolute Gasteiger partial charge is 1.00 e. The Morgan fingerprint density at radius 2 is 1.12 bits per heavy atom. The molecule has 0 aromatic heterocycles. The smallest absolute Gasteiger partial charge is 0.137 e. The number of aliphatic hydroxyl groups excluding tert-OH is 2. The zero-order valence-electron chi connectivity index (χ0n) is 20.1. The van der Waals surface area contributed by atoms with Crippen LogP contribution in [-0.2, 0) is 0 Å². The summed E-state index contributed by atoms with van der Waals surface area (Å²) < 4.78 is 13.4. The lowest BCUT2D eigenvalue weighted by Crippen LogP contribution is -3.00. The summed E-state index contributed by atoms with van der Waals surface area (Å²) in [5.74, 6) is 1.45. The molecule has 1 aromatic carbocycles. The van der Waals surface area contributed by atoms with E-state index in [1.807, 2.05) is 24.3 Å². The molecule has 186 valence electrons. The molecule has 0 bridgehead atoms. The molecule has 0 spiro atoms. The van der Waals surface area contributed by atoms with Gasteiger partial charge in [0.15, 0.2) is 0 Å². The Balaban J connectivity index is 0.00000256. The van der Waals surface area contributed by atoms with Crippen molar-refractivity contribution in [1.82, 2.24) is 0 Å². The Morgan fingerprint density at radius 1 is 0.781 bits per heavy atom. The van der Waals surface area contributed by atoms with Crippen LogP contribution in [-0.4, -0.2) is 97.0 Å². The van der Waals surface area contributed by atoms with Gasteiger partial charge in [-0.2, -0.15) is 0 Å². The maximum Gasteiger partial charge on any atom is 0.137 e. The summed E-state index contributed by atoms with van der Waals surface area (Å²) in [6.45, 7) is 8.86. The Kier molecular flexibility index (Phi) is 12.5. The predicted octanol–water partition coefficient (Wildman–Crippen LogP) is -3.57. The van der Waals surface area contributed by atoms with E-state index in [1.54, 1.807) is 0 Å². The number of benzene rings is 1. The van der Waals surface area contributed by atoms with E-state index in [9.17, 15) is 10.2 Å². The van der Waals surface area contributed by atoms with Crippen LogP contribution in [0.15, 0.2) is 24.3 Å². The maximum atomic E-state index is 10.4. The van der Waals surface area contributed by atoms with Crippen molar-refractivity contribution in [2.24, 2.45) is 0 Å². The van der Waals surface area contributed by atoms with Crippen LogP contribution in [0.5, 0.6) is 11.5 Å². The van der Waals surface area contributed by atoms with Crippen LogP contribution in [0.2, 0.25) is 0 Å². The van der Waals surface area contributed by atoms with Crippen molar-refractivity contribution in [2.45, 2.75) is 63.8 Å². The highest BCUT2D eigenvalue weighted by Gasteiger charge is 2.37. The lowest BCUT2D eigenvalue weighted by Gasteiger charge is -2.36. The van der Waals surface area contributed by atoms with Gasteiger partial charge < -0.3 is 76.6 Å². The molecular weight excluding hydrogens is 634 g/mol. The molecule has 2 aliphatic rings. The molecule has 6 nitrogen and oxygen atoms in total. The quantitative estimate of drug-likeness (QED) is 0.199. The van der Waals surface area contributed by atoms with Gasteiger partial charge in [-0.15, -0.1) is 0 Å². The number of ether oxygens (including phenoxy) is 2. The van der Waals surface area contributed by atoms with Gasteiger partial charge >= 0.3 is 0 Å². The summed E-state index contributed by atoms with van der Waals surface area (Å²) in [7, 11) is 4.46. The van der Waals surface area contributed by atoms with Crippen molar-refractivity contribution in [1.29, 1.82) is 0 Å². The first kappa shape index (κ1) is 30.2. The zero-order valence-corrected chi connectivity index (χ0v) is 24.4. The number of halogens is 2. The third-order valence-corrected chi connectivity index (χ3v) is 7.67. The summed E-state index contributed by atoms with van der Waals surface area (Å²) >= 11 is 0. The van der Waals surface area contributed by atoms with Gasteiger partial charge in [-0.3, -0.25) is 0 Å². The average Bonchev–Trinajstić information content (AvgIpc) is 3.20. The van der Waals surface area contributed by atoms with E-state index in [-0.39, 0.29) is 48.0 Å². The molecule has 0 saturated carbocycles. The molecule has 2 aliphatic heterocycles. The normalized spacial score (nSPS) is 31.3. The second kappa shape index (κ2) is 13.3. The molecule has 0 radical (unpaired) electrons. The lowest BCUT2D eigenvalue weighted by atomic mass is 10.2. The Morgan fingerprint density at radius 3 is 1.41 bits per heavy atom. The van der Waals surface area contributed by atoms with E-state index in [0.717, 1.165) is 46.6 Å². The highest BCUT2D eigenvalue weighted by Crippen LogP contribution is 2.26. The van der Waals surface area contributed by atoms with Gasteiger partial charge in [-0.1, -0.05) is 0 Å². The molecule has 6 atom stereocenters. The number of quaternary nitrogens is 2. The molecule has 2 heterocycles. The number of hydrogen-bond donors (Lipinski definition) is 2. The maximum absolute atomic E-state index is 10.4. The fourth-order valence-electron chi connectivity index (χ4n) is 5.19. The number of hydrogen-bond acceptors (Lipinski definition) is 4. The van der Waals surface area contributed by atoms with Gasteiger partial charge in [0.1, 0.15) is 50.0 Å². The molecule has 2 saturated heterocycles. The third kappa shape index (κ3) is 8.11. The Hall–Kier alpha value is 0.120. The first-order valence-electron chi connectivity index (χ1n) is 11.6. The van der Waals surface area contributed by atoms with Crippen molar-refractivity contribution in [3.8, 4) is 11.5 Å². The van der Waals surface area contributed by atoms with E-state index in [0.29, 0.717) is 25.3 Å². The number of rotatable bonds is 10. The summed E-state index contributed by atoms with van der Waals surface area (Å²) in [4.78, 5) is 0. The molecule has 3 rings (SSSR count). The second-order valence-electron chi connectivity index (χ2n) is 10.2. The van der Waals surface area contributed by atoms with E-state index in [4.69, 9.17) is 9.47 Å². The van der Waals surface area contributed by atoms with Gasteiger partial charge in [-0.05, 0) is 38.1 Å². The molecule has 0 amide bonds. The molecule has 6 unspecified atom stereocenters. The minimum atomic E-state index is -0.473. The number of aliphatic hydroxyl groups is 2. The minimum Gasteiger partial charge on any atom is -1.00 e. The standard InChI is InChI=1S/C24H42N2O4.2HI/c1-19-7-5-13-25(19,3)15-21(27)17-29-23-9-11-24(12-10-23)30-18-22(28)16-26(4)14-6-8-20(26)2;;/h9-12,19-22,27-28H,5-8,13-18H2,1-4H3;2*1H/q+2;;/p-2. The monoisotopic (exact) mass is 676 g/mol. The second-order valence-corrected chi connectivity index (χ2v) is 10.2. The van der Waals surface area contributed by atoms with Gasteiger partial charge in [0.05, 0.1) is 39.3 Å². The van der Waals surface area contributed by atoms with Crippen LogP contribution in [0.4, 0.5) is 0 Å². The van der Waals surface area contributed by atoms with Crippen LogP contribution in [0.1, 0.15) is 39.5 Å². The van der Waals surface area contributed by atoms with Gasteiger partial charge in [-0.25, -0.2) is 0 Å². The SMILES string of the molecule is CC1CCC[N+]1(C)CC(O)COc1ccc(OCC(O)C[N+]2(C)CCCC2C)cc1.[I-].[I-]. The van der Waals surface area contributed by atoms with E-state index >= 15 is 0 Å². The predicted molar refractivity (Wildman–Crippen MR) is 119 cm³/mol. The Bertz CT molecular complexity index is 623. The highest BCUT2D eigenvalue weighted by atomic mass is 127. The molecular formula is C24H42I2N2O4. The van der Waals surface area contributed by atoms with Crippen LogP contribution in [0, 0.1) is 0 Å². The van der Waals surface area contributed by atoms with Crippen molar-refractivity contribution in [3.63, 3.8) is 0 Å². The molecule has 8 heteroatoms. The van der Waals surface area contributed by atoms with Crippen LogP contribution in [0.25, 0.3) is 0 Å². The van der Waals surface area contributed by atoms with Crippen molar-refractivity contribution in [2.75, 3.05) is 53.5 Å². The van der Waals surface area contributed by atoms with Crippen LogP contribution < -0.4 is 57.4 Å². The van der Waals surface area contributed by atoms with Crippen LogP contribution >= 0.6 is 0 Å². The van der Waals surface area contributed by atoms with E-state index in [1.165, 1.54) is 25.7 Å². The average molecular weight is 676 g/mol. The zero-order chi connectivity index (χ0) is 21.8.